The van der Waals surface area contributed by atoms with Gasteiger partial charge >= 0.3 is 0 Å². The van der Waals surface area contributed by atoms with Gasteiger partial charge in [-0.2, -0.15) is 0 Å². The molecule has 0 saturated carbocycles. The SMILES string of the molecule is C=C1CC(=O)CC(C)(C)P1c1c(OC)ccc(OC)c1-c1ccccc1. The van der Waals surface area contributed by atoms with Gasteiger partial charge in [0.1, 0.15) is 17.3 Å². The number of allylic oxidation sites excluding steroid dienone is 1. The maximum Gasteiger partial charge on any atom is 0.138 e. The minimum atomic E-state index is -0.811. The van der Waals surface area contributed by atoms with Crippen molar-refractivity contribution in [1.29, 1.82) is 0 Å². The molecule has 0 bridgehead atoms. The molecule has 3 rings (SSSR count). The third kappa shape index (κ3) is 3.29. The molecule has 136 valence electrons. The summed E-state index contributed by atoms with van der Waals surface area (Å²) in [6.07, 6.45) is 1.01. The van der Waals surface area contributed by atoms with Crippen LogP contribution in [0.15, 0.2) is 54.4 Å². The highest BCUT2D eigenvalue weighted by atomic mass is 31.1. The maximum atomic E-state index is 12.2. The first kappa shape index (κ1) is 18.7. The zero-order valence-electron chi connectivity index (χ0n) is 15.8. The van der Waals surface area contributed by atoms with Crippen molar-refractivity contribution < 1.29 is 14.3 Å². The lowest BCUT2D eigenvalue weighted by molar-refractivity contribution is -0.118. The minimum absolute atomic E-state index is 0.176. The molecule has 26 heavy (non-hydrogen) atoms. The molecule has 0 N–H and O–H groups in total. The van der Waals surface area contributed by atoms with Gasteiger partial charge in [-0.05, 0) is 36.1 Å². The highest BCUT2D eigenvalue weighted by Gasteiger charge is 2.42. The summed E-state index contributed by atoms with van der Waals surface area (Å²) in [6, 6.07) is 14.1. The second-order valence-electron chi connectivity index (χ2n) is 7.17. The van der Waals surface area contributed by atoms with Gasteiger partial charge in [0.25, 0.3) is 0 Å². The van der Waals surface area contributed by atoms with Gasteiger partial charge in [0, 0.05) is 23.7 Å². The molecule has 0 radical (unpaired) electrons. The van der Waals surface area contributed by atoms with E-state index in [1.807, 2.05) is 30.3 Å². The van der Waals surface area contributed by atoms with Crippen molar-refractivity contribution in [2.24, 2.45) is 0 Å². The Kier molecular flexibility index (Phi) is 5.20. The Morgan fingerprint density at radius 1 is 1.00 bits per heavy atom. The molecule has 2 aromatic rings. The molecule has 1 fully saturated rings. The number of carbonyl (C=O) groups is 1. The number of ether oxygens (including phenoxy) is 2. The Bertz CT molecular complexity index is 840. The van der Waals surface area contributed by atoms with Gasteiger partial charge in [-0.15, -0.1) is 0 Å². The van der Waals surface area contributed by atoms with Crippen LogP contribution in [0.1, 0.15) is 26.7 Å². The molecule has 0 aliphatic carbocycles. The van der Waals surface area contributed by atoms with Gasteiger partial charge in [0.05, 0.1) is 14.2 Å². The van der Waals surface area contributed by atoms with Crippen molar-refractivity contribution in [3.05, 3.63) is 54.4 Å². The first-order valence-corrected chi connectivity index (χ1v) is 10.0. The van der Waals surface area contributed by atoms with Gasteiger partial charge < -0.3 is 9.47 Å². The summed E-state index contributed by atoms with van der Waals surface area (Å²) in [7, 11) is 2.57. The molecule has 1 unspecified atom stereocenters. The molecule has 0 amide bonds. The predicted octanol–water partition coefficient (Wildman–Crippen LogP) is 5.13. The number of benzene rings is 2. The van der Waals surface area contributed by atoms with E-state index < -0.39 is 7.92 Å². The fourth-order valence-electron chi connectivity index (χ4n) is 3.81. The lowest BCUT2D eigenvalue weighted by Crippen LogP contribution is -2.33. The van der Waals surface area contributed by atoms with Gasteiger partial charge in [-0.3, -0.25) is 4.79 Å². The van der Waals surface area contributed by atoms with Gasteiger partial charge in [-0.1, -0.05) is 50.8 Å². The van der Waals surface area contributed by atoms with E-state index in [1.54, 1.807) is 14.2 Å². The van der Waals surface area contributed by atoms with Crippen LogP contribution in [0.25, 0.3) is 11.1 Å². The average molecular weight is 368 g/mol. The van der Waals surface area contributed by atoms with Gasteiger partial charge in [-0.25, -0.2) is 0 Å². The monoisotopic (exact) mass is 368 g/mol. The van der Waals surface area contributed by atoms with Crippen molar-refractivity contribution in [2.45, 2.75) is 31.8 Å². The van der Waals surface area contributed by atoms with Crippen LogP contribution in [0, 0.1) is 0 Å². The van der Waals surface area contributed by atoms with E-state index in [0.717, 1.165) is 33.2 Å². The van der Waals surface area contributed by atoms with E-state index >= 15 is 0 Å². The lowest BCUT2D eigenvalue weighted by atomic mass is 10.0. The molecule has 4 heteroatoms. The quantitative estimate of drug-likeness (QED) is 0.702. The molecule has 1 heterocycles. The fraction of sp³-hybridized carbons (Fsp3) is 0.318. The molecular formula is C22H25O3P. The Morgan fingerprint density at radius 3 is 2.19 bits per heavy atom. The van der Waals surface area contributed by atoms with E-state index in [9.17, 15) is 4.79 Å². The zero-order valence-corrected chi connectivity index (χ0v) is 16.7. The number of ketones is 1. The maximum absolute atomic E-state index is 12.2. The Labute approximate surface area is 156 Å². The van der Waals surface area contributed by atoms with Crippen LogP contribution >= 0.6 is 7.92 Å². The first-order valence-electron chi connectivity index (χ1n) is 8.69. The normalized spacial score (nSPS) is 19.3. The summed E-state index contributed by atoms with van der Waals surface area (Å²) in [5, 5.41) is 1.95. The molecule has 0 spiro atoms. The second kappa shape index (κ2) is 7.25. The Hall–Kier alpha value is -2.12. The summed E-state index contributed by atoms with van der Waals surface area (Å²) in [5.41, 5.74) is 2.13. The van der Waals surface area contributed by atoms with Crippen LogP contribution in [0.4, 0.5) is 0 Å². The minimum Gasteiger partial charge on any atom is -0.496 e. The fourth-order valence-corrected chi connectivity index (χ4v) is 7.11. The largest absolute Gasteiger partial charge is 0.496 e. The topological polar surface area (TPSA) is 35.5 Å². The molecule has 3 nitrogen and oxygen atoms in total. The zero-order chi connectivity index (χ0) is 18.9. The van der Waals surface area contributed by atoms with E-state index in [2.05, 4.69) is 32.6 Å². The molecule has 1 atom stereocenters. The molecule has 1 aliphatic heterocycles. The predicted molar refractivity (Wildman–Crippen MR) is 109 cm³/mol. The van der Waals surface area contributed by atoms with Crippen LogP contribution in [0.5, 0.6) is 11.5 Å². The van der Waals surface area contributed by atoms with E-state index in [-0.39, 0.29) is 10.9 Å². The summed E-state index contributed by atoms with van der Waals surface area (Å²) in [5.74, 6) is 1.91. The molecule has 2 aromatic carbocycles. The average Bonchev–Trinajstić information content (AvgIpc) is 2.60. The van der Waals surface area contributed by atoms with Crippen LogP contribution in [0.2, 0.25) is 0 Å². The van der Waals surface area contributed by atoms with Crippen LogP contribution < -0.4 is 14.8 Å². The van der Waals surface area contributed by atoms with Gasteiger partial charge in [0.2, 0.25) is 0 Å². The Balaban J connectivity index is 2.32. The number of methoxy groups -OCH3 is 2. The first-order chi connectivity index (χ1) is 12.4. The van der Waals surface area contributed by atoms with E-state index in [4.69, 9.17) is 9.47 Å². The molecular weight excluding hydrogens is 343 g/mol. The third-order valence-corrected chi connectivity index (χ3v) is 7.83. The van der Waals surface area contributed by atoms with Gasteiger partial charge in [0.15, 0.2) is 0 Å². The van der Waals surface area contributed by atoms with Crippen LogP contribution in [-0.4, -0.2) is 25.2 Å². The number of hydrogen-bond acceptors (Lipinski definition) is 3. The number of carbonyl (C=O) groups excluding carboxylic acids is 1. The van der Waals surface area contributed by atoms with Crippen LogP contribution in [-0.2, 0) is 4.79 Å². The molecule has 1 saturated heterocycles. The van der Waals surface area contributed by atoms with Crippen molar-refractivity contribution >= 4 is 19.0 Å². The lowest BCUT2D eigenvalue weighted by Gasteiger charge is -2.41. The summed E-state index contributed by atoms with van der Waals surface area (Å²) in [6.45, 7) is 8.62. The summed E-state index contributed by atoms with van der Waals surface area (Å²) >= 11 is 0. The van der Waals surface area contributed by atoms with Crippen LogP contribution in [0.3, 0.4) is 0 Å². The van der Waals surface area contributed by atoms with Crippen molar-refractivity contribution in [3.8, 4) is 22.6 Å². The third-order valence-electron chi connectivity index (χ3n) is 4.78. The smallest absolute Gasteiger partial charge is 0.138 e. The molecule has 1 aliphatic rings. The Morgan fingerprint density at radius 2 is 1.62 bits per heavy atom. The standard InChI is InChI=1S/C22H25O3P/c1-15-13-17(23)14-22(2,3)26(15)21-19(25-5)12-11-18(24-4)20(21)16-9-7-6-8-10-16/h6-12H,1,13-14H2,2-5H3. The van der Waals surface area contributed by atoms with Crippen molar-refractivity contribution in [2.75, 3.05) is 14.2 Å². The van der Waals surface area contributed by atoms with Crippen molar-refractivity contribution in [3.63, 3.8) is 0 Å². The summed E-state index contributed by atoms with van der Waals surface area (Å²) < 4.78 is 11.5. The second-order valence-corrected chi connectivity index (χ2v) is 10.1. The highest BCUT2D eigenvalue weighted by Crippen LogP contribution is 2.63. The van der Waals surface area contributed by atoms with E-state index in [0.29, 0.717) is 12.8 Å². The number of Topliss-reactive ketones (excluding diaryl/α,β-unsaturated/α-hetero) is 1. The number of hydrogen-bond donors (Lipinski definition) is 0. The number of rotatable bonds is 4. The highest BCUT2D eigenvalue weighted by molar-refractivity contribution is 7.71. The summed E-state index contributed by atoms with van der Waals surface area (Å²) in [4.78, 5) is 12.2. The van der Waals surface area contributed by atoms with Crippen molar-refractivity contribution in [1.82, 2.24) is 0 Å². The van der Waals surface area contributed by atoms with E-state index in [1.165, 1.54) is 0 Å². The molecule has 0 aromatic heterocycles.